The molecule has 1 aliphatic rings. The first-order chi connectivity index (χ1) is 8.61. The second kappa shape index (κ2) is 5.40. The van der Waals surface area contributed by atoms with E-state index in [1.54, 1.807) is 24.1 Å². The van der Waals surface area contributed by atoms with Gasteiger partial charge in [-0.3, -0.25) is 4.79 Å². The van der Waals surface area contributed by atoms with E-state index in [1.165, 1.54) is 0 Å². The van der Waals surface area contributed by atoms with E-state index in [4.69, 9.17) is 4.74 Å². The van der Waals surface area contributed by atoms with Crippen LogP contribution in [0.1, 0.15) is 24.9 Å². The van der Waals surface area contributed by atoms with Crippen molar-refractivity contribution in [1.82, 2.24) is 4.90 Å². The summed E-state index contributed by atoms with van der Waals surface area (Å²) < 4.78 is 5.24. The molecule has 0 saturated carbocycles. The highest BCUT2D eigenvalue weighted by molar-refractivity contribution is 5.79. The minimum atomic E-state index is -0.140. The van der Waals surface area contributed by atoms with Crippen LogP contribution in [0.3, 0.4) is 0 Å². The zero-order chi connectivity index (χ0) is 13.1. The summed E-state index contributed by atoms with van der Waals surface area (Å²) in [5.74, 6) is 0.277. The molecule has 1 fully saturated rings. The molecule has 2 atom stereocenters. The number of benzene rings is 1. The predicted molar refractivity (Wildman–Crippen MR) is 68.2 cm³/mol. The van der Waals surface area contributed by atoms with E-state index < -0.39 is 0 Å². The Labute approximate surface area is 107 Å². The van der Waals surface area contributed by atoms with E-state index in [9.17, 15) is 9.90 Å². The molecule has 1 aromatic carbocycles. The molecule has 18 heavy (non-hydrogen) atoms. The highest BCUT2D eigenvalue weighted by Crippen LogP contribution is 2.29. The van der Waals surface area contributed by atoms with Gasteiger partial charge in [0, 0.05) is 19.2 Å². The molecule has 0 spiro atoms. The minimum absolute atomic E-state index is 0.0386. The monoisotopic (exact) mass is 249 g/mol. The Morgan fingerprint density at radius 1 is 1.50 bits per heavy atom. The quantitative estimate of drug-likeness (QED) is 0.890. The van der Waals surface area contributed by atoms with Gasteiger partial charge in [0.1, 0.15) is 5.75 Å². The summed E-state index contributed by atoms with van der Waals surface area (Å²) in [6, 6.07) is 6.98. The third kappa shape index (κ3) is 2.48. The second-order valence-electron chi connectivity index (χ2n) is 4.74. The van der Waals surface area contributed by atoms with Crippen molar-refractivity contribution in [2.24, 2.45) is 5.92 Å². The van der Waals surface area contributed by atoms with E-state index in [0.29, 0.717) is 13.2 Å². The van der Waals surface area contributed by atoms with Gasteiger partial charge < -0.3 is 14.7 Å². The zero-order valence-corrected chi connectivity index (χ0v) is 10.8. The molecule has 1 aromatic rings. The van der Waals surface area contributed by atoms with Gasteiger partial charge in [-0.25, -0.2) is 0 Å². The molecule has 0 aliphatic carbocycles. The van der Waals surface area contributed by atoms with Gasteiger partial charge in [0.15, 0.2) is 0 Å². The standard InChI is InChI=1S/C14H19NO3/c1-10(12-5-3-4-6-13(12)16)15(2)14(17)11-7-8-18-9-11/h3-6,10-11,16H,7-9H2,1-2H3. The fourth-order valence-corrected chi connectivity index (χ4v) is 2.26. The number of amides is 1. The number of phenolic OH excluding ortho intramolecular Hbond substituents is 1. The van der Waals surface area contributed by atoms with Crippen molar-refractivity contribution in [3.05, 3.63) is 29.8 Å². The molecule has 0 aromatic heterocycles. The number of hydrogen-bond donors (Lipinski definition) is 1. The molecule has 4 heteroatoms. The summed E-state index contributed by atoms with van der Waals surface area (Å²) in [5.41, 5.74) is 0.771. The van der Waals surface area contributed by atoms with Gasteiger partial charge in [0.05, 0.1) is 18.6 Å². The highest BCUT2D eigenvalue weighted by Gasteiger charge is 2.29. The smallest absolute Gasteiger partial charge is 0.228 e. The zero-order valence-electron chi connectivity index (χ0n) is 10.8. The first-order valence-corrected chi connectivity index (χ1v) is 6.23. The van der Waals surface area contributed by atoms with Gasteiger partial charge in [0.25, 0.3) is 0 Å². The fraction of sp³-hybridized carbons (Fsp3) is 0.500. The van der Waals surface area contributed by atoms with Crippen LogP contribution >= 0.6 is 0 Å². The van der Waals surface area contributed by atoms with E-state index in [-0.39, 0.29) is 23.6 Å². The maximum absolute atomic E-state index is 12.2. The van der Waals surface area contributed by atoms with Crippen molar-refractivity contribution in [2.45, 2.75) is 19.4 Å². The molecule has 1 N–H and O–H groups in total. The number of nitrogens with zero attached hydrogens (tertiary/aromatic N) is 1. The van der Waals surface area contributed by atoms with Crippen LogP contribution in [0.15, 0.2) is 24.3 Å². The summed E-state index contributed by atoms with van der Waals surface area (Å²) in [6.45, 7) is 3.09. The number of hydrogen-bond acceptors (Lipinski definition) is 3. The third-order valence-corrected chi connectivity index (χ3v) is 3.59. The summed E-state index contributed by atoms with van der Waals surface area (Å²) in [4.78, 5) is 13.9. The first kappa shape index (κ1) is 12.9. The van der Waals surface area contributed by atoms with E-state index in [2.05, 4.69) is 0 Å². The maximum Gasteiger partial charge on any atom is 0.228 e. The molecule has 2 unspecified atom stereocenters. The lowest BCUT2D eigenvalue weighted by atomic mass is 10.0. The van der Waals surface area contributed by atoms with Crippen LogP contribution in [0.2, 0.25) is 0 Å². The van der Waals surface area contributed by atoms with Gasteiger partial charge in [-0.1, -0.05) is 18.2 Å². The van der Waals surface area contributed by atoms with Crippen LogP contribution in [0, 0.1) is 5.92 Å². The topological polar surface area (TPSA) is 49.8 Å². The van der Waals surface area contributed by atoms with Crippen LogP contribution in [0.25, 0.3) is 0 Å². The van der Waals surface area contributed by atoms with E-state index in [1.807, 2.05) is 19.1 Å². The van der Waals surface area contributed by atoms with Crippen molar-refractivity contribution in [2.75, 3.05) is 20.3 Å². The Hall–Kier alpha value is -1.55. The van der Waals surface area contributed by atoms with Crippen molar-refractivity contribution in [3.63, 3.8) is 0 Å². The lowest BCUT2D eigenvalue weighted by Crippen LogP contribution is -2.35. The molecular weight excluding hydrogens is 230 g/mol. The molecule has 98 valence electrons. The van der Waals surface area contributed by atoms with Gasteiger partial charge >= 0.3 is 0 Å². The van der Waals surface area contributed by atoms with Gasteiger partial charge in [-0.15, -0.1) is 0 Å². The normalized spacial score (nSPS) is 20.7. The molecule has 4 nitrogen and oxygen atoms in total. The number of ether oxygens (including phenoxy) is 1. The van der Waals surface area contributed by atoms with Crippen molar-refractivity contribution >= 4 is 5.91 Å². The Balaban J connectivity index is 2.10. The molecule has 1 amide bonds. The average molecular weight is 249 g/mol. The molecular formula is C14H19NO3. The summed E-state index contributed by atoms with van der Waals surface area (Å²) >= 11 is 0. The Morgan fingerprint density at radius 3 is 2.83 bits per heavy atom. The third-order valence-electron chi connectivity index (χ3n) is 3.59. The number of carbonyl (C=O) groups is 1. The van der Waals surface area contributed by atoms with Gasteiger partial charge in [-0.2, -0.15) is 0 Å². The largest absolute Gasteiger partial charge is 0.508 e. The van der Waals surface area contributed by atoms with Crippen molar-refractivity contribution in [1.29, 1.82) is 0 Å². The molecule has 1 saturated heterocycles. The van der Waals surface area contributed by atoms with Gasteiger partial charge in [-0.05, 0) is 19.4 Å². The fourth-order valence-electron chi connectivity index (χ4n) is 2.26. The molecule has 1 aliphatic heterocycles. The number of carbonyl (C=O) groups excluding carboxylic acids is 1. The predicted octanol–water partition coefficient (Wildman–Crippen LogP) is 1.95. The van der Waals surface area contributed by atoms with Crippen molar-refractivity contribution in [3.8, 4) is 5.75 Å². The van der Waals surface area contributed by atoms with Crippen LogP contribution in [-0.2, 0) is 9.53 Å². The molecule has 0 radical (unpaired) electrons. The lowest BCUT2D eigenvalue weighted by molar-refractivity contribution is -0.136. The average Bonchev–Trinajstić information content (AvgIpc) is 2.90. The number of rotatable bonds is 3. The van der Waals surface area contributed by atoms with E-state index in [0.717, 1.165) is 12.0 Å². The Morgan fingerprint density at radius 2 is 2.22 bits per heavy atom. The van der Waals surface area contributed by atoms with Crippen LogP contribution < -0.4 is 0 Å². The second-order valence-corrected chi connectivity index (χ2v) is 4.74. The minimum Gasteiger partial charge on any atom is -0.508 e. The van der Waals surface area contributed by atoms with Crippen LogP contribution in [0.4, 0.5) is 0 Å². The summed E-state index contributed by atoms with van der Waals surface area (Å²) in [7, 11) is 1.78. The number of phenols is 1. The summed E-state index contributed by atoms with van der Waals surface area (Å²) in [5, 5.41) is 9.81. The Kier molecular flexibility index (Phi) is 3.87. The molecule has 1 heterocycles. The molecule has 2 rings (SSSR count). The molecule has 0 bridgehead atoms. The highest BCUT2D eigenvalue weighted by atomic mass is 16.5. The first-order valence-electron chi connectivity index (χ1n) is 6.23. The van der Waals surface area contributed by atoms with E-state index >= 15 is 0 Å². The van der Waals surface area contributed by atoms with Crippen LogP contribution in [-0.4, -0.2) is 36.2 Å². The number of para-hydroxylation sites is 1. The van der Waals surface area contributed by atoms with Crippen LogP contribution in [0.5, 0.6) is 5.75 Å². The van der Waals surface area contributed by atoms with Crippen molar-refractivity contribution < 1.29 is 14.6 Å². The van der Waals surface area contributed by atoms with Gasteiger partial charge in [0.2, 0.25) is 5.91 Å². The SMILES string of the molecule is CC(c1ccccc1O)N(C)C(=O)C1CCOC1. The number of aromatic hydroxyl groups is 1. The lowest BCUT2D eigenvalue weighted by Gasteiger charge is -2.27. The maximum atomic E-state index is 12.2. The Bertz CT molecular complexity index is 427. The summed E-state index contributed by atoms with van der Waals surface area (Å²) in [6.07, 6.45) is 0.788.